The molecule has 0 aromatic heterocycles. The largest absolute Gasteiger partial charge is 0.436 e. The Morgan fingerprint density at radius 1 is 0.929 bits per heavy atom. The van der Waals surface area contributed by atoms with Gasteiger partial charge in [-0.2, -0.15) is 8.42 Å². The number of hydrogen-bond donors (Lipinski definition) is 1. The van der Waals surface area contributed by atoms with E-state index >= 15 is 0 Å². The van der Waals surface area contributed by atoms with Crippen molar-refractivity contribution in [3.8, 4) is 5.75 Å². The number of nitrogens with two attached hydrogens (primary N) is 1. The second kappa shape index (κ2) is 8.97. The molecule has 0 radical (unpaired) electrons. The topological polar surface area (TPSA) is 152 Å². The zero-order valence-corrected chi connectivity index (χ0v) is 19.0. The van der Waals surface area contributed by atoms with Crippen molar-refractivity contribution < 1.29 is 29.4 Å². The Kier molecular flexibility index (Phi) is 7.90. The molecule has 0 saturated carbocycles. The van der Waals surface area contributed by atoms with E-state index in [1.54, 1.807) is 12.1 Å². The molecule has 0 aliphatic carbocycles. The minimum atomic E-state index is -4.28. The van der Waals surface area contributed by atoms with E-state index in [2.05, 4.69) is 4.13 Å². The Morgan fingerprint density at radius 3 is 1.79 bits per heavy atom. The lowest BCUT2D eigenvalue weighted by Gasteiger charge is -2.19. The lowest BCUT2D eigenvalue weighted by Crippen LogP contribution is -2.18. The first-order valence-electron chi connectivity index (χ1n) is 8.55. The van der Waals surface area contributed by atoms with Gasteiger partial charge < -0.3 is 14.0 Å². The van der Waals surface area contributed by atoms with Gasteiger partial charge in [-0.3, -0.25) is 0 Å². The Balaban J connectivity index is 2.95. The van der Waals surface area contributed by atoms with Crippen molar-refractivity contribution in [1.82, 2.24) is 0 Å². The van der Waals surface area contributed by atoms with Gasteiger partial charge in [0.1, 0.15) is 5.75 Å². The molecule has 1 aromatic rings. The first-order valence-corrected chi connectivity index (χ1v) is 13.6. The van der Waals surface area contributed by atoms with Gasteiger partial charge in [0.15, 0.2) is 0 Å². The molecule has 0 aliphatic rings. The van der Waals surface area contributed by atoms with Crippen molar-refractivity contribution in [2.45, 2.75) is 46.0 Å². The van der Waals surface area contributed by atoms with Crippen molar-refractivity contribution in [2.75, 3.05) is 23.5 Å². The van der Waals surface area contributed by atoms with Crippen LogP contribution in [-0.2, 0) is 30.2 Å². The van der Waals surface area contributed by atoms with Gasteiger partial charge in [0.2, 0.25) is 0 Å². The molecule has 2 N–H and O–H groups in total. The summed E-state index contributed by atoms with van der Waals surface area (Å²) in [6, 6.07) is 3.11. The SMILES string of the molecule is CC(C)c1cc(OS(=O)(=O)CCCS(=O)(=O)[N-]S(C)(=O)=O)cc(C(C)C)c1N. The van der Waals surface area contributed by atoms with E-state index in [1.165, 1.54) is 0 Å². The maximum absolute atomic E-state index is 12.2. The number of rotatable bonds is 10. The zero-order valence-electron chi connectivity index (χ0n) is 16.5. The highest BCUT2D eigenvalue weighted by Gasteiger charge is 2.19. The van der Waals surface area contributed by atoms with E-state index in [9.17, 15) is 25.3 Å². The molecule has 0 atom stereocenters. The average molecular weight is 456 g/mol. The predicted molar refractivity (Wildman–Crippen MR) is 110 cm³/mol. The van der Waals surface area contributed by atoms with Crippen LogP contribution in [0.25, 0.3) is 4.13 Å². The highest BCUT2D eigenvalue weighted by molar-refractivity contribution is 8.11. The van der Waals surface area contributed by atoms with Crippen LogP contribution in [0, 0.1) is 0 Å². The highest BCUT2D eigenvalue weighted by Crippen LogP contribution is 2.34. The molecule has 0 saturated heterocycles. The summed E-state index contributed by atoms with van der Waals surface area (Å²) in [5.74, 6) is -1.13. The van der Waals surface area contributed by atoms with Gasteiger partial charge in [0.25, 0.3) is 0 Å². The van der Waals surface area contributed by atoms with Gasteiger partial charge >= 0.3 is 10.1 Å². The molecule has 12 heteroatoms. The minimum absolute atomic E-state index is 0.0477. The number of sulfonamides is 2. The second-order valence-electron chi connectivity index (χ2n) is 7.12. The fraction of sp³-hybridized carbons (Fsp3) is 0.625. The van der Waals surface area contributed by atoms with Crippen LogP contribution in [0.5, 0.6) is 5.75 Å². The van der Waals surface area contributed by atoms with Crippen molar-refractivity contribution >= 4 is 35.9 Å². The van der Waals surface area contributed by atoms with Crippen molar-refractivity contribution in [2.24, 2.45) is 0 Å². The Hall–Kier alpha value is -1.37. The van der Waals surface area contributed by atoms with Crippen LogP contribution in [0.3, 0.4) is 0 Å². The molecule has 9 nitrogen and oxygen atoms in total. The van der Waals surface area contributed by atoms with Crippen LogP contribution in [0.4, 0.5) is 5.69 Å². The van der Waals surface area contributed by atoms with Crippen molar-refractivity contribution in [3.05, 3.63) is 27.4 Å². The van der Waals surface area contributed by atoms with Crippen molar-refractivity contribution in [1.29, 1.82) is 0 Å². The lowest BCUT2D eigenvalue weighted by molar-refractivity contribution is 0.484. The third-order valence-corrected chi connectivity index (χ3v) is 7.76. The summed E-state index contributed by atoms with van der Waals surface area (Å²) in [5, 5.41) is 0. The van der Waals surface area contributed by atoms with E-state index < -0.39 is 41.7 Å². The highest BCUT2D eigenvalue weighted by atomic mass is 32.3. The van der Waals surface area contributed by atoms with E-state index in [1.807, 2.05) is 27.7 Å². The Labute approximate surface area is 167 Å². The zero-order chi connectivity index (χ0) is 21.9. The molecule has 0 aliphatic heterocycles. The molecular formula is C16H27N2O7S3-. The molecule has 0 spiro atoms. The predicted octanol–water partition coefficient (Wildman–Crippen LogP) is 2.28. The Morgan fingerprint density at radius 2 is 1.39 bits per heavy atom. The summed E-state index contributed by atoms with van der Waals surface area (Å²) < 4.78 is 77.3. The lowest BCUT2D eigenvalue weighted by atomic mass is 9.92. The summed E-state index contributed by atoms with van der Waals surface area (Å²) in [7, 11) is -12.5. The van der Waals surface area contributed by atoms with E-state index in [0.717, 1.165) is 11.1 Å². The second-order valence-corrected chi connectivity index (χ2v) is 12.4. The van der Waals surface area contributed by atoms with Crippen LogP contribution >= 0.6 is 0 Å². The van der Waals surface area contributed by atoms with Crippen molar-refractivity contribution in [3.63, 3.8) is 0 Å². The molecule has 1 aromatic carbocycles. The monoisotopic (exact) mass is 455 g/mol. The van der Waals surface area contributed by atoms with E-state index in [0.29, 0.717) is 11.9 Å². The molecule has 0 fully saturated rings. The van der Waals surface area contributed by atoms with Crippen LogP contribution in [0.1, 0.15) is 57.1 Å². The third-order valence-electron chi connectivity index (χ3n) is 3.73. The first-order chi connectivity index (χ1) is 12.5. The Bertz CT molecular complexity index is 983. The molecule has 162 valence electrons. The van der Waals surface area contributed by atoms with Gasteiger partial charge in [-0.05, 0) is 41.5 Å². The van der Waals surface area contributed by atoms with Gasteiger partial charge in [-0.25, -0.2) is 16.8 Å². The number of nitrogen functional groups attached to an aromatic ring is 1. The van der Waals surface area contributed by atoms with Crippen LogP contribution in [0.2, 0.25) is 0 Å². The molecule has 0 bridgehead atoms. The van der Waals surface area contributed by atoms with Crippen LogP contribution in [-0.4, -0.2) is 43.0 Å². The molecule has 0 unspecified atom stereocenters. The minimum Gasteiger partial charge on any atom is -0.436 e. The molecule has 28 heavy (non-hydrogen) atoms. The van der Waals surface area contributed by atoms with Gasteiger partial charge in [-0.15, -0.1) is 0 Å². The molecule has 0 heterocycles. The molecular weight excluding hydrogens is 428 g/mol. The normalized spacial score (nSPS) is 13.2. The quantitative estimate of drug-likeness (QED) is 0.416. The summed E-state index contributed by atoms with van der Waals surface area (Å²) >= 11 is 0. The maximum Gasteiger partial charge on any atom is 0.309 e. The number of anilines is 1. The molecule has 0 amide bonds. The van der Waals surface area contributed by atoms with E-state index in [-0.39, 0.29) is 24.0 Å². The summed E-state index contributed by atoms with van der Waals surface area (Å²) in [5.41, 5.74) is 8.26. The van der Waals surface area contributed by atoms with Gasteiger partial charge in [-0.1, -0.05) is 27.7 Å². The van der Waals surface area contributed by atoms with Gasteiger partial charge in [0.05, 0.1) is 25.8 Å². The average Bonchev–Trinajstić information content (AvgIpc) is 2.44. The summed E-state index contributed by atoms with van der Waals surface area (Å²) in [6.07, 6.45) is 0.289. The maximum atomic E-state index is 12.2. The fourth-order valence-electron chi connectivity index (χ4n) is 2.52. The van der Waals surface area contributed by atoms with Gasteiger partial charge in [0, 0.05) is 17.7 Å². The van der Waals surface area contributed by atoms with E-state index in [4.69, 9.17) is 9.92 Å². The number of nitrogens with zero attached hydrogens (tertiary/aromatic N) is 1. The fourth-order valence-corrected chi connectivity index (χ4v) is 6.13. The third kappa shape index (κ3) is 7.94. The van der Waals surface area contributed by atoms with Crippen LogP contribution in [0.15, 0.2) is 12.1 Å². The number of hydrogen-bond acceptors (Lipinski definition) is 8. The number of benzene rings is 1. The molecule has 1 rings (SSSR count). The first kappa shape index (κ1) is 24.7. The summed E-state index contributed by atoms with van der Waals surface area (Å²) in [6.45, 7) is 7.68. The summed E-state index contributed by atoms with van der Waals surface area (Å²) in [4.78, 5) is 0. The van der Waals surface area contributed by atoms with Crippen LogP contribution < -0.4 is 9.92 Å². The standard InChI is InChI=1S/C16H27N2O7S3/c1-11(2)14-9-13(10-15(12(3)4)16(14)17)25-28(23,24)8-6-7-27(21,22)18-26(5,19)20/h9-12H,6-8,17H2,1-5H3/q-1. The smallest absolute Gasteiger partial charge is 0.309 e.